The highest BCUT2D eigenvalue weighted by Crippen LogP contribution is 2.10. The molecule has 0 aromatic carbocycles. The van der Waals surface area contributed by atoms with E-state index in [2.05, 4.69) is 5.32 Å². The molecule has 0 bridgehead atoms. The molecule has 106 valence electrons. The fourth-order valence-electron chi connectivity index (χ4n) is 2.41. The first-order valence-electron chi connectivity index (χ1n) is 6.58. The third kappa shape index (κ3) is 3.30. The topological polar surface area (TPSA) is 95.7 Å². The summed E-state index contributed by atoms with van der Waals surface area (Å²) in [6, 6.07) is -0.370. The minimum absolute atomic E-state index is 0.0426. The van der Waals surface area contributed by atoms with Crippen molar-refractivity contribution in [1.29, 1.82) is 0 Å². The molecular formula is C12H20N4O3. The maximum atomic E-state index is 12.2. The van der Waals surface area contributed by atoms with E-state index < -0.39 is 17.9 Å². The third-order valence-electron chi connectivity index (χ3n) is 3.73. The average molecular weight is 268 g/mol. The first-order valence-corrected chi connectivity index (χ1v) is 6.58. The van der Waals surface area contributed by atoms with Gasteiger partial charge < -0.3 is 10.6 Å². The molecule has 2 rings (SSSR count). The van der Waals surface area contributed by atoms with Gasteiger partial charge in [0.15, 0.2) is 0 Å². The Hall–Kier alpha value is -1.47. The standard InChI is InChI=1S/C12H20N4O3/c1-8-12(19)14-10(17)6-16(8)11(18)7-15-4-2-9(13)3-5-15/h8-9H,2-7,13H2,1H3,(H,14,17,19). The van der Waals surface area contributed by atoms with Gasteiger partial charge in [-0.2, -0.15) is 0 Å². The molecule has 3 amide bonds. The van der Waals surface area contributed by atoms with Crippen LogP contribution in [0.1, 0.15) is 19.8 Å². The highest BCUT2D eigenvalue weighted by molar-refractivity contribution is 6.04. The molecule has 2 saturated heterocycles. The van der Waals surface area contributed by atoms with Gasteiger partial charge in [-0.25, -0.2) is 0 Å². The number of amides is 3. The number of carbonyl (C=O) groups is 3. The van der Waals surface area contributed by atoms with Crippen LogP contribution >= 0.6 is 0 Å². The molecule has 2 fully saturated rings. The third-order valence-corrected chi connectivity index (χ3v) is 3.73. The van der Waals surface area contributed by atoms with E-state index in [1.165, 1.54) is 4.90 Å². The molecule has 19 heavy (non-hydrogen) atoms. The maximum absolute atomic E-state index is 12.2. The zero-order chi connectivity index (χ0) is 14.0. The number of hydrogen-bond acceptors (Lipinski definition) is 5. The van der Waals surface area contributed by atoms with Crippen molar-refractivity contribution in [3.05, 3.63) is 0 Å². The van der Waals surface area contributed by atoms with Crippen LogP contribution in [-0.4, -0.2) is 65.8 Å². The number of piperidine rings is 1. The number of imide groups is 1. The normalized spacial score (nSPS) is 26.4. The van der Waals surface area contributed by atoms with E-state index in [0.29, 0.717) is 0 Å². The number of nitrogens with two attached hydrogens (primary N) is 1. The fourth-order valence-corrected chi connectivity index (χ4v) is 2.41. The Bertz CT molecular complexity index is 390. The van der Waals surface area contributed by atoms with Crippen molar-refractivity contribution in [1.82, 2.24) is 15.1 Å². The van der Waals surface area contributed by atoms with Crippen LogP contribution in [-0.2, 0) is 14.4 Å². The first-order chi connectivity index (χ1) is 8.97. The monoisotopic (exact) mass is 268 g/mol. The van der Waals surface area contributed by atoms with E-state index in [1.54, 1.807) is 6.92 Å². The van der Waals surface area contributed by atoms with Gasteiger partial charge in [-0.05, 0) is 19.8 Å². The fraction of sp³-hybridized carbons (Fsp3) is 0.750. The zero-order valence-corrected chi connectivity index (χ0v) is 11.1. The van der Waals surface area contributed by atoms with Gasteiger partial charge in [0.2, 0.25) is 17.7 Å². The summed E-state index contributed by atoms with van der Waals surface area (Å²) in [5, 5.41) is 2.22. The van der Waals surface area contributed by atoms with Crippen molar-refractivity contribution in [2.45, 2.75) is 31.8 Å². The lowest BCUT2D eigenvalue weighted by Gasteiger charge is -2.35. The Balaban J connectivity index is 1.91. The number of likely N-dealkylation sites (tertiary alicyclic amines) is 1. The lowest BCUT2D eigenvalue weighted by molar-refractivity contribution is -0.150. The predicted octanol–water partition coefficient (Wildman–Crippen LogP) is -1.72. The minimum Gasteiger partial charge on any atom is -0.328 e. The molecular weight excluding hydrogens is 248 g/mol. The summed E-state index contributed by atoms with van der Waals surface area (Å²) in [6.07, 6.45) is 1.75. The van der Waals surface area contributed by atoms with Gasteiger partial charge in [-0.15, -0.1) is 0 Å². The van der Waals surface area contributed by atoms with Crippen molar-refractivity contribution in [2.24, 2.45) is 5.73 Å². The Morgan fingerprint density at radius 2 is 2.00 bits per heavy atom. The number of nitrogens with zero attached hydrogens (tertiary/aromatic N) is 2. The Morgan fingerprint density at radius 3 is 2.63 bits per heavy atom. The van der Waals surface area contributed by atoms with Crippen LogP contribution in [0.4, 0.5) is 0 Å². The number of rotatable bonds is 2. The average Bonchev–Trinajstić information content (AvgIpc) is 2.36. The van der Waals surface area contributed by atoms with Gasteiger partial charge in [-0.3, -0.25) is 24.6 Å². The van der Waals surface area contributed by atoms with Crippen molar-refractivity contribution >= 4 is 17.7 Å². The Morgan fingerprint density at radius 1 is 1.37 bits per heavy atom. The van der Waals surface area contributed by atoms with Crippen molar-refractivity contribution < 1.29 is 14.4 Å². The maximum Gasteiger partial charge on any atom is 0.249 e. The highest BCUT2D eigenvalue weighted by Gasteiger charge is 2.34. The first kappa shape index (κ1) is 14.0. The van der Waals surface area contributed by atoms with E-state index >= 15 is 0 Å². The van der Waals surface area contributed by atoms with Crippen LogP contribution in [0.15, 0.2) is 0 Å². The summed E-state index contributed by atoms with van der Waals surface area (Å²) in [5.41, 5.74) is 5.81. The molecule has 0 aliphatic carbocycles. The van der Waals surface area contributed by atoms with E-state index in [9.17, 15) is 14.4 Å². The largest absolute Gasteiger partial charge is 0.328 e. The molecule has 7 heteroatoms. The number of nitrogens with one attached hydrogen (secondary N) is 1. The van der Waals surface area contributed by atoms with Crippen molar-refractivity contribution in [3.63, 3.8) is 0 Å². The molecule has 0 spiro atoms. The van der Waals surface area contributed by atoms with E-state index in [-0.39, 0.29) is 25.0 Å². The van der Waals surface area contributed by atoms with Crippen molar-refractivity contribution in [3.8, 4) is 0 Å². The summed E-state index contributed by atoms with van der Waals surface area (Å²) < 4.78 is 0. The van der Waals surface area contributed by atoms with Gasteiger partial charge in [-0.1, -0.05) is 0 Å². The van der Waals surface area contributed by atoms with Crippen LogP contribution in [0.5, 0.6) is 0 Å². The van der Waals surface area contributed by atoms with Gasteiger partial charge >= 0.3 is 0 Å². The predicted molar refractivity (Wildman–Crippen MR) is 68.0 cm³/mol. The molecule has 0 aromatic heterocycles. The SMILES string of the molecule is CC1C(=O)NC(=O)CN1C(=O)CN1CCC(N)CC1. The summed E-state index contributed by atoms with van der Waals surface area (Å²) in [7, 11) is 0. The van der Waals surface area contributed by atoms with Crippen molar-refractivity contribution in [2.75, 3.05) is 26.2 Å². The van der Waals surface area contributed by atoms with E-state index in [0.717, 1.165) is 25.9 Å². The molecule has 2 heterocycles. The van der Waals surface area contributed by atoms with Crippen LogP contribution < -0.4 is 11.1 Å². The molecule has 3 N–H and O–H groups in total. The molecule has 0 saturated carbocycles. The molecule has 1 unspecified atom stereocenters. The van der Waals surface area contributed by atoms with Gasteiger partial charge in [0.25, 0.3) is 0 Å². The lowest BCUT2D eigenvalue weighted by atomic mass is 10.1. The van der Waals surface area contributed by atoms with Gasteiger partial charge in [0.1, 0.15) is 12.6 Å². The number of carbonyl (C=O) groups excluding carboxylic acids is 3. The van der Waals surface area contributed by atoms with Crippen LogP contribution in [0.25, 0.3) is 0 Å². The van der Waals surface area contributed by atoms with Gasteiger partial charge in [0.05, 0.1) is 6.54 Å². The smallest absolute Gasteiger partial charge is 0.249 e. The second kappa shape index (κ2) is 5.66. The molecule has 0 radical (unpaired) electrons. The minimum atomic E-state index is -0.586. The van der Waals surface area contributed by atoms with Crippen LogP contribution in [0.2, 0.25) is 0 Å². The zero-order valence-electron chi connectivity index (χ0n) is 11.1. The molecule has 7 nitrogen and oxygen atoms in total. The second-order valence-corrected chi connectivity index (χ2v) is 5.22. The second-order valence-electron chi connectivity index (χ2n) is 5.22. The van der Waals surface area contributed by atoms with Crippen LogP contribution in [0.3, 0.4) is 0 Å². The summed E-state index contributed by atoms with van der Waals surface area (Å²) >= 11 is 0. The highest BCUT2D eigenvalue weighted by atomic mass is 16.2. The van der Waals surface area contributed by atoms with Crippen LogP contribution in [0, 0.1) is 0 Å². The molecule has 2 aliphatic rings. The van der Waals surface area contributed by atoms with E-state index in [1.807, 2.05) is 4.90 Å². The lowest BCUT2D eigenvalue weighted by Crippen LogP contribution is -2.60. The number of piperazine rings is 1. The Kier molecular flexibility index (Phi) is 4.16. The summed E-state index contributed by atoms with van der Waals surface area (Å²) in [5.74, 6) is -1.01. The number of hydrogen-bond donors (Lipinski definition) is 2. The Labute approximate surface area is 112 Å². The summed E-state index contributed by atoms with van der Waals surface area (Å²) in [6.45, 7) is 3.41. The molecule has 1 atom stereocenters. The molecule has 2 aliphatic heterocycles. The van der Waals surface area contributed by atoms with Gasteiger partial charge in [0, 0.05) is 19.1 Å². The molecule has 0 aromatic rings. The quantitative estimate of drug-likeness (QED) is 0.581. The summed E-state index contributed by atoms with van der Waals surface area (Å²) in [4.78, 5) is 38.3. The van der Waals surface area contributed by atoms with E-state index in [4.69, 9.17) is 5.73 Å².